The van der Waals surface area contributed by atoms with Crippen LogP contribution in [0.1, 0.15) is 47.0 Å². The lowest BCUT2D eigenvalue weighted by atomic mass is 9.98. The first-order valence-corrected chi connectivity index (χ1v) is 7.17. The van der Waals surface area contributed by atoms with E-state index in [1.54, 1.807) is 0 Å². The Balaban J connectivity index is 2.08. The number of hydrogen-bond acceptors (Lipinski definition) is 3. The van der Waals surface area contributed by atoms with Gasteiger partial charge in [-0.2, -0.15) is 0 Å². The summed E-state index contributed by atoms with van der Waals surface area (Å²) in [4.78, 5) is 14.3. The highest BCUT2D eigenvalue weighted by atomic mass is 16.6. The van der Waals surface area contributed by atoms with Crippen LogP contribution in [0.2, 0.25) is 0 Å². The number of rotatable bonds is 2. The van der Waals surface area contributed by atoms with E-state index >= 15 is 0 Å². The summed E-state index contributed by atoms with van der Waals surface area (Å²) in [6.45, 7) is 12.6. The van der Waals surface area contributed by atoms with E-state index in [1.807, 2.05) is 32.6 Å². The molecule has 19 heavy (non-hydrogen) atoms. The van der Waals surface area contributed by atoms with Gasteiger partial charge in [0.25, 0.3) is 0 Å². The second-order valence-electron chi connectivity index (χ2n) is 6.86. The number of nitrogens with one attached hydrogen (secondary N) is 1. The van der Waals surface area contributed by atoms with E-state index in [9.17, 15) is 4.79 Å². The molecule has 0 aromatic rings. The van der Waals surface area contributed by atoms with Gasteiger partial charge in [0.05, 0.1) is 6.04 Å². The zero-order chi connectivity index (χ0) is 14.2. The predicted octanol–water partition coefficient (Wildman–Crippen LogP) is 2.69. The average molecular weight is 266 g/mol. The minimum atomic E-state index is -0.425. The normalized spacial score (nSPS) is 30.3. The third kappa shape index (κ3) is 3.30. The maximum absolute atomic E-state index is 12.4. The van der Waals surface area contributed by atoms with Gasteiger partial charge in [0.2, 0.25) is 0 Å². The zero-order valence-electron chi connectivity index (χ0n) is 12.5. The largest absolute Gasteiger partial charge is 0.444 e. The number of piperazine rings is 1. The molecule has 4 nitrogen and oxygen atoms in total. The van der Waals surface area contributed by atoms with Crippen molar-refractivity contribution in [2.75, 3.05) is 6.54 Å². The SMILES string of the molecule is C=C(C)C[C@H]1NC[C@H]2CC[C@@H]1N2C(=O)OC(C)(C)C. The summed E-state index contributed by atoms with van der Waals surface area (Å²) in [6, 6.07) is 0.871. The van der Waals surface area contributed by atoms with E-state index in [-0.39, 0.29) is 12.1 Å². The summed E-state index contributed by atoms with van der Waals surface area (Å²) in [7, 11) is 0. The van der Waals surface area contributed by atoms with E-state index in [0.717, 1.165) is 31.4 Å². The highest BCUT2D eigenvalue weighted by Gasteiger charge is 2.45. The summed E-state index contributed by atoms with van der Waals surface area (Å²) in [5.74, 6) is 0. The standard InChI is InChI=1S/C15H26N2O2/c1-10(2)8-12-13-7-6-11(9-16-12)17(13)14(18)19-15(3,4)5/h11-13,16H,1,6-9H2,2-5H3/t11-,12-,13+/m1/s1. The number of amides is 1. The number of nitrogens with zero attached hydrogens (tertiary/aromatic N) is 1. The van der Waals surface area contributed by atoms with Gasteiger partial charge < -0.3 is 10.1 Å². The Morgan fingerprint density at radius 2 is 2.11 bits per heavy atom. The molecule has 2 heterocycles. The van der Waals surface area contributed by atoms with Crippen molar-refractivity contribution in [1.82, 2.24) is 10.2 Å². The first kappa shape index (κ1) is 14.4. The summed E-state index contributed by atoms with van der Waals surface area (Å²) < 4.78 is 5.55. The Bertz CT molecular complexity index is 373. The molecule has 2 aliphatic rings. The maximum atomic E-state index is 12.4. The number of carbonyl (C=O) groups excluding carboxylic acids is 1. The lowest BCUT2D eigenvalue weighted by Crippen LogP contribution is -2.60. The van der Waals surface area contributed by atoms with Crippen LogP contribution in [0, 0.1) is 0 Å². The predicted molar refractivity (Wildman–Crippen MR) is 76.1 cm³/mol. The molecule has 0 spiro atoms. The number of fused-ring (bicyclic) bond motifs is 2. The Labute approximate surface area is 116 Å². The second-order valence-corrected chi connectivity index (χ2v) is 6.86. The molecule has 108 valence electrons. The number of ether oxygens (including phenoxy) is 1. The van der Waals surface area contributed by atoms with Gasteiger partial charge in [0, 0.05) is 18.6 Å². The molecule has 1 N–H and O–H groups in total. The topological polar surface area (TPSA) is 41.6 Å². The van der Waals surface area contributed by atoms with Crippen LogP contribution in [0.3, 0.4) is 0 Å². The van der Waals surface area contributed by atoms with Gasteiger partial charge in [-0.15, -0.1) is 6.58 Å². The highest BCUT2D eigenvalue weighted by Crippen LogP contribution is 2.33. The van der Waals surface area contributed by atoms with Crippen LogP contribution in [0.25, 0.3) is 0 Å². The van der Waals surface area contributed by atoms with Crippen molar-refractivity contribution in [2.45, 2.75) is 70.7 Å². The monoisotopic (exact) mass is 266 g/mol. The average Bonchev–Trinajstić information content (AvgIpc) is 2.56. The van der Waals surface area contributed by atoms with Crippen LogP contribution in [0.4, 0.5) is 4.79 Å². The van der Waals surface area contributed by atoms with Gasteiger partial charge in [-0.1, -0.05) is 5.57 Å². The van der Waals surface area contributed by atoms with Crippen molar-refractivity contribution < 1.29 is 9.53 Å². The van der Waals surface area contributed by atoms with Gasteiger partial charge in [-0.25, -0.2) is 4.79 Å². The second kappa shape index (κ2) is 5.16. The van der Waals surface area contributed by atoms with Crippen LogP contribution in [-0.2, 0) is 4.74 Å². The van der Waals surface area contributed by atoms with E-state index in [0.29, 0.717) is 12.1 Å². The first-order valence-electron chi connectivity index (χ1n) is 7.17. The summed E-state index contributed by atoms with van der Waals surface area (Å²) in [6.07, 6.45) is 2.91. The van der Waals surface area contributed by atoms with Crippen LogP contribution >= 0.6 is 0 Å². The molecule has 2 saturated heterocycles. The zero-order valence-corrected chi connectivity index (χ0v) is 12.5. The minimum absolute atomic E-state index is 0.159. The molecule has 2 rings (SSSR count). The minimum Gasteiger partial charge on any atom is -0.444 e. The van der Waals surface area contributed by atoms with Gasteiger partial charge in [0.15, 0.2) is 0 Å². The summed E-state index contributed by atoms with van der Waals surface area (Å²) >= 11 is 0. The van der Waals surface area contributed by atoms with Crippen molar-refractivity contribution >= 4 is 6.09 Å². The van der Waals surface area contributed by atoms with Crippen molar-refractivity contribution in [2.24, 2.45) is 0 Å². The highest BCUT2D eigenvalue weighted by molar-refractivity contribution is 5.70. The molecule has 2 fully saturated rings. The van der Waals surface area contributed by atoms with E-state index in [4.69, 9.17) is 4.74 Å². The summed E-state index contributed by atoms with van der Waals surface area (Å²) in [5.41, 5.74) is 0.734. The van der Waals surface area contributed by atoms with E-state index < -0.39 is 5.60 Å². The maximum Gasteiger partial charge on any atom is 0.410 e. The molecule has 3 atom stereocenters. The molecule has 2 bridgehead atoms. The molecule has 0 radical (unpaired) electrons. The van der Waals surface area contributed by atoms with Crippen LogP contribution in [0.5, 0.6) is 0 Å². The molecular formula is C15H26N2O2. The van der Waals surface area contributed by atoms with Crippen LogP contribution in [-0.4, -0.2) is 41.3 Å². The van der Waals surface area contributed by atoms with Crippen molar-refractivity contribution in [3.05, 3.63) is 12.2 Å². The van der Waals surface area contributed by atoms with Gasteiger partial charge in [0.1, 0.15) is 5.60 Å². The van der Waals surface area contributed by atoms with E-state index in [2.05, 4.69) is 11.9 Å². The molecule has 0 aliphatic carbocycles. The van der Waals surface area contributed by atoms with Gasteiger partial charge in [-0.3, -0.25) is 4.90 Å². The first-order chi connectivity index (χ1) is 8.78. The van der Waals surface area contributed by atoms with Crippen molar-refractivity contribution in [3.8, 4) is 0 Å². The molecule has 1 amide bonds. The fourth-order valence-electron chi connectivity index (χ4n) is 3.11. The quantitative estimate of drug-likeness (QED) is 0.781. The Morgan fingerprint density at radius 1 is 1.42 bits per heavy atom. The van der Waals surface area contributed by atoms with E-state index in [1.165, 1.54) is 0 Å². The van der Waals surface area contributed by atoms with Crippen molar-refractivity contribution in [1.29, 1.82) is 0 Å². The van der Waals surface area contributed by atoms with Crippen molar-refractivity contribution in [3.63, 3.8) is 0 Å². The fourth-order valence-corrected chi connectivity index (χ4v) is 3.11. The molecule has 0 unspecified atom stereocenters. The van der Waals surface area contributed by atoms with Crippen LogP contribution in [0.15, 0.2) is 12.2 Å². The molecule has 0 saturated carbocycles. The number of carbonyl (C=O) groups is 1. The molecule has 0 aromatic carbocycles. The number of hydrogen-bond donors (Lipinski definition) is 1. The Morgan fingerprint density at radius 3 is 2.68 bits per heavy atom. The molecule has 0 aromatic heterocycles. The van der Waals surface area contributed by atoms with Crippen LogP contribution < -0.4 is 5.32 Å². The van der Waals surface area contributed by atoms with Gasteiger partial charge in [-0.05, 0) is 47.0 Å². The Hall–Kier alpha value is -1.03. The Kier molecular flexibility index (Phi) is 3.90. The lowest BCUT2D eigenvalue weighted by Gasteiger charge is -2.41. The summed E-state index contributed by atoms with van der Waals surface area (Å²) in [5, 5.41) is 3.55. The fraction of sp³-hybridized carbons (Fsp3) is 0.800. The molecular weight excluding hydrogens is 240 g/mol. The molecule has 4 heteroatoms. The van der Waals surface area contributed by atoms with Gasteiger partial charge >= 0.3 is 6.09 Å². The lowest BCUT2D eigenvalue weighted by molar-refractivity contribution is 0.00422. The third-order valence-electron chi connectivity index (χ3n) is 3.80. The smallest absolute Gasteiger partial charge is 0.410 e. The molecule has 2 aliphatic heterocycles. The third-order valence-corrected chi connectivity index (χ3v) is 3.80.